The zero-order valence-electron chi connectivity index (χ0n) is 16.7. The predicted octanol–water partition coefficient (Wildman–Crippen LogP) is 1.59. The van der Waals surface area contributed by atoms with E-state index in [9.17, 15) is 13.5 Å². The van der Waals surface area contributed by atoms with Crippen LogP contribution >= 0.6 is 0 Å². The molecule has 0 saturated heterocycles. The third kappa shape index (κ3) is 4.43. The topological polar surface area (TPSA) is 123 Å². The first-order valence-corrected chi connectivity index (χ1v) is 11.1. The van der Waals surface area contributed by atoms with Crippen molar-refractivity contribution < 1.29 is 13.5 Å². The Labute approximate surface area is 164 Å². The van der Waals surface area contributed by atoms with Crippen LogP contribution in [0.25, 0.3) is 21.9 Å². The molecule has 0 saturated carbocycles. The Balaban J connectivity index is 2.11. The van der Waals surface area contributed by atoms with Crippen molar-refractivity contribution in [1.82, 2.24) is 19.3 Å². The van der Waals surface area contributed by atoms with Crippen LogP contribution in [0.2, 0.25) is 0 Å². The highest BCUT2D eigenvalue weighted by atomic mass is 32.2. The van der Waals surface area contributed by atoms with Crippen LogP contribution in [-0.4, -0.2) is 46.5 Å². The second kappa shape index (κ2) is 7.31. The molecule has 0 aliphatic rings. The van der Waals surface area contributed by atoms with Gasteiger partial charge in [0, 0.05) is 18.4 Å². The molecule has 0 spiro atoms. The molecule has 0 unspecified atom stereocenters. The van der Waals surface area contributed by atoms with Gasteiger partial charge in [-0.25, -0.2) is 23.1 Å². The molecule has 3 rings (SSSR count). The van der Waals surface area contributed by atoms with Gasteiger partial charge in [-0.1, -0.05) is 19.1 Å². The number of nitrogens with zero attached hydrogens (tertiary/aromatic N) is 3. The van der Waals surface area contributed by atoms with E-state index in [4.69, 9.17) is 5.73 Å². The highest BCUT2D eigenvalue weighted by Crippen LogP contribution is 2.30. The maximum absolute atomic E-state index is 11.2. The van der Waals surface area contributed by atoms with Gasteiger partial charge in [0.15, 0.2) is 5.82 Å². The molecular formula is C19H27N5O3S. The average molecular weight is 406 g/mol. The molecule has 2 aromatic heterocycles. The Bertz CT molecular complexity index is 1130. The highest BCUT2D eigenvalue weighted by molar-refractivity contribution is 7.88. The van der Waals surface area contributed by atoms with Crippen LogP contribution < -0.4 is 10.5 Å². The van der Waals surface area contributed by atoms with Gasteiger partial charge >= 0.3 is 0 Å². The average Bonchev–Trinajstić information content (AvgIpc) is 2.91. The number of aromatic nitrogens is 3. The molecule has 152 valence electrons. The van der Waals surface area contributed by atoms with Gasteiger partial charge in [-0.2, -0.15) is 0 Å². The summed E-state index contributed by atoms with van der Waals surface area (Å²) in [6, 6.07) is 5.83. The Morgan fingerprint density at radius 3 is 2.61 bits per heavy atom. The number of hydrogen-bond donors (Lipinski definition) is 3. The predicted molar refractivity (Wildman–Crippen MR) is 112 cm³/mol. The van der Waals surface area contributed by atoms with Crippen molar-refractivity contribution in [3.63, 3.8) is 0 Å². The summed E-state index contributed by atoms with van der Waals surface area (Å²) in [6.07, 6.45) is 2.40. The lowest BCUT2D eigenvalue weighted by molar-refractivity contribution is 0.0619. The van der Waals surface area contributed by atoms with Crippen molar-refractivity contribution in [3.05, 3.63) is 29.6 Å². The molecule has 0 aliphatic heterocycles. The fourth-order valence-electron chi connectivity index (χ4n) is 3.37. The molecule has 8 nitrogen and oxygen atoms in total. The van der Waals surface area contributed by atoms with Crippen LogP contribution in [0.5, 0.6) is 0 Å². The number of sulfonamides is 1. The molecule has 4 N–H and O–H groups in total. The second-order valence-electron chi connectivity index (χ2n) is 7.74. The molecule has 28 heavy (non-hydrogen) atoms. The number of aliphatic hydroxyl groups is 1. The first-order chi connectivity index (χ1) is 13.0. The monoisotopic (exact) mass is 405 g/mol. The maximum atomic E-state index is 11.2. The van der Waals surface area contributed by atoms with Crippen LogP contribution in [-0.2, 0) is 29.4 Å². The van der Waals surface area contributed by atoms with E-state index in [0.717, 1.165) is 34.1 Å². The van der Waals surface area contributed by atoms with Crippen LogP contribution in [0.3, 0.4) is 0 Å². The van der Waals surface area contributed by atoms with Gasteiger partial charge in [0.25, 0.3) is 0 Å². The normalized spacial score (nSPS) is 12.9. The number of imidazole rings is 1. The van der Waals surface area contributed by atoms with Crippen LogP contribution in [0.4, 0.5) is 5.82 Å². The SMILES string of the molecule is CCc1nc2c(N)nc3cc(CCNS(C)(=O)=O)ccc3c2n1CC(C)(C)O. The molecule has 0 amide bonds. The third-order valence-corrected chi connectivity index (χ3v) is 5.22. The number of nitrogens with two attached hydrogens (primary N) is 1. The maximum Gasteiger partial charge on any atom is 0.208 e. The Morgan fingerprint density at radius 2 is 2.00 bits per heavy atom. The zero-order chi connectivity index (χ0) is 20.7. The summed E-state index contributed by atoms with van der Waals surface area (Å²) in [5.74, 6) is 1.19. The van der Waals surface area contributed by atoms with Crippen molar-refractivity contribution in [2.24, 2.45) is 0 Å². The van der Waals surface area contributed by atoms with Gasteiger partial charge in [-0.15, -0.1) is 0 Å². The number of nitrogen functional groups attached to an aromatic ring is 1. The minimum Gasteiger partial charge on any atom is -0.389 e. The zero-order valence-corrected chi connectivity index (χ0v) is 17.5. The molecular weight excluding hydrogens is 378 g/mol. The van der Waals surface area contributed by atoms with Crippen LogP contribution in [0.1, 0.15) is 32.2 Å². The standard InChI is InChI=1S/C19H27N5O3S/c1-5-15-23-16-17(24(15)11-19(2,3)25)13-7-6-12(8-9-21-28(4,26)27)10-14(13)22-18(16)20/h6-7,10,21,25H,5,8-9,11H2,1-4H3,(H2,20,22). The van der Waals surface area contributed by atoms with E-state index in [1.165, 1.54) is 0 Å². The Hall–Kier alpha value is -2.23. The van der Waals surface area contributed by atoms with Crippen molar-refractivity contribution in [2.75, 3.05) is 18.5 Å². The number of rotatable bonds is 7. The first kappa shape index (κ1) is 20.5. The molecule has 2 heterocycles. The first-order valence-electron chi connectivity index (χ1n) is 9.23. The minimum atomic E-state index is -3.22. The molecule has 0 atom stereocenters. The highest BCUT2D eigenvalue weighted by Gasteiger charge is 2.21. The Kier molecular flexibility index (Phi) is 5.35. The summed E-state index contributed by atoms with van der Waals surface area (Å²) in [4.78, 5) is 9.16. The van der Waals surface area contributed by atoms with E-state index < -0.39 is 15.6 Å². The lowest BCUT2D eigenvalue weighted by atomic mass is 10.1. The van der Waals surface area contributed by atoms with Gasteiger partial charge in [-0.3, -0.25) is 0 Å². The van der Waals surface area contributed by atoms with Gasteiger partial charge in [0.1, 0.15) is 11.3 Å². The minimum absolute atomic E-state index is 0.318. The fraction of sp³-hybridized carbons (Fsp3) is 0.474. The molecule has 0 aliphatic carbocycles. The smallest absolute Gasteiger partial charge is 0.208 e. The van der Waals surface area contributed by atoms with Gasteiger partial charge in [0.2, 0.25) is 10.0 Å². The van der Waals surface area contributed by atoms with Crippen molar-refractivity contribution in [3.8, 4) is 0 Å². The third-order valence-electron chi connectivity index (χ3n) is 4.49. The van der Waals surface area contributed by atoms with Crippen LogP contribution in [0, 0.1) is 0 Å². The summed E-state index contributed by atoms with van der Waals surface area (Å²) < 4.78 is 27.0. The summed E-state index contributed by atoms with van der Waals surface area (Å²) in [5, 5.41) is 11.3. The molecule has 9 heteroatoms. The van der Waals surface area contributed by atoms with Crippen molar-refractivity contribution in [1.29, 1.82) is 0 Å². The van der Waals surface area contributed by atoms with Crippen LogP contribution in [0.15, 0.2) is 18.2 Å². The molecule has 0 bridgehead atoms. The summed E-state index contributed by atoms with van der Waals surface area (Å²) in [5.41, 5.74) is 8.47. The number of fused-ring (bicyclic) bond motifs is 3. The summed E-state index contributed by atoms with van der Waals surface area (Å²) >= 11 is 0. The van der Waals surface area contributed by atoms with Crippen molar-refractivity contribution >= 4 is 37.8 Å². The van der Waals surface area contributed by atoms with E-state index in [1.807, 2.05) is 29.7 Å². The second-order valence-corrected chi connectivity index (χ2v) is 9.58. The number of aryl methyl sites for hydroxylation is 1. The lowest BCUT2D eigenvalue weighted by Crippen LogP contribution is -2.27. The summed E-state index contributed by atoms with van der Waals surface area (Å²) in [6.45, 7) is 6.25. The quantitative estimate of drug-likeness (QED) is 0.548. The van der Waals surface area contributed by atoms with E-state index in [2.05, 4.69) is 14.7 Å². The van der Waals surface area contributed by atoms with Gasteiger partial charge in [0.05, 0.1) is 29.4 Å². The van der Waals surface area contributed by atoms with Crippen molar-refractivity contribution in [2.45, 2.75) is 45.8 Å². The molecule has 0 radical (unpaired) electrons. The lowest BCUT2D eigenvalue weighted by Gasteiger charge is -2.20. The fourth-order valence-corrected chi connectivity index (χ4v) is 3.84. The number of nitrogens with one attached hydrogen (secondary N) is 1. The van der Waals surface area contributed by atoms with Gasteiger partial charge in [-0.05, 0) is 31.9 Å². The van der Waals surface area contributed by atoms with E-state index >= 15 is 0 Å². The number of benzene rings is 1. The Morgan fingerprint density at radius 1 is 1.29 bits per heavy atom. The summed E-state index contributed by atoms with van der Waals surface area (Å²) in [7, 11) is -3.22. The van der Waals surface area contributed by atoms with Gasteiger partial charge < -0.3 is 15.4 Å². The number of hydrogen-bond acceptors (Lipinski definition) is 6. The molecule has 0 fully saturated rings. The molecule has 1 aromatic carbocycles. The van der Waals surface area contributed by atoms with E-state index in [-0.39, 0.29) is 0 Å². The van der Waals surface area contributed by atoms with E-state index in [1.54, 1.807) is 13.8 Å². The number of anilines is 1. The molecule has 3 aromatic rings. The van der Waals surface area contributed by atoms with E-state index in [0.29, 0.717) is 37.3 Å². The number of pyridine rings is 1. The largest absolute Gasteiger partial charge is 0.389 e.